The summed E-state index contributed by atoms with van der Waals surface area (Å²) in [6, 6.07) is 4.75. The van der Waals surface area contributed by atoms with Gasteiger partial charge in [0.05, 0.1) is 10.7 Å². The highest BCUT2D eigenvalue weighted by molar-refractivity contribution is 6.36. The number of aromatic nitrogens is 4. The summed E-state index contributed by atoms with van der Waals surface area (Å²) >= 11 is 11.6. The van der Waals surface area contributed by atoms with Gasteiger partial charge in [-0.25, -0.2) is 0 Å². The Hall–Kier alpha value is -2.30. The molecule has 0 fully saturated rings. The number of nitriles is 1. The van der Waals surface area contributed by atoms with Crippen LogP contribution in [0.4, 0.5) is 5.69 Å². The zero-order valence-electron chi connectivity index (χ0n) is 9.22. The second-order valence-electron chi connectivity index (χ2n) is 3.33. The van der Waals surface area contributed by atoms with Crippen molar-refractivity contribution in [3.8, 4) is 11.8 Å². The maximum atomic E-state index is 9.72. The van der Waals surface area contributed by atoms with Crippen LogP contribution in [0.3, 0.4) is 0 Å². The molecule has 3 N–H and O–H groups in total. The van der Waals surface area contributed by atoms with E-state index in [1.807, 2.05) is 6.07 Å². The molecule has 1 aromatic carbocycles. The monoisotopic (exact) mass is 296 g/mol. The number of aromatic amines is 1. The summed E-state index contributed by atoms with van der Waals surface area (Å²) in [7, 11) is 0. The van der Waals surface area contributed by atoms with Gasteiger partial charge < -0.3 is 10.4 Å². The van der Waals surface area contributed by atoms with Gasteiger partial charge in [-0.3, -0.25) is 0 Å². The van der Waals surface area contributed by atoms with E-state index in [1.165, 1.54) is 18.3 Å². The molecule has 19 heavy (non-hydrogen) atoms. The fraction of sp³-hybridized carbons (Fsp3) is 0. The van der Waals surface area contributed by atoms with Crippen LogP contribution < -0.4 is 5.32 Å². The van der Waals surface area contributed by atoms with Gasteiger partial charge in [0.25, 0.3) is 0 Å². The van der Waals surface area contributed by atoms with Gasteiger partial charge in [-0.15, -0.1) is 10.2 Å². The molecule has 0 bridgehead atoms. The first-order chi connectivity index (χ1) is 9.11. The number of aromatic hydroxyl groups is 1. The molecule has 96 valence electrons. The van der Waals surface area contributed by atoms with Gasteiger partial charge in [0, 0.05) is 11.2 Å². The highest BCUT2D eigenvalue weighted by Gasteiger charge is 2.09. The fourth-order valence-electron chi connectivity index (χ4n) is 1.25. The summed E-state index contributed by atoms with van der Waals surface area (Å²) in [4.78, 5) is 0. The topological polar surface area (TPSA) is 111 Å². The van der Waals surface area contributed by atoms with Crippen molar-refractivity contribution >= 4 is 34.5 Å². The molecule has 9 heteroatoms. The summed E-state index contributed by atoms with van der Waals surface area (Å²) in [5, 5.41) is 34.7. The quantitative estimate of drug-likeness (QED) is 0.591. The van der Waals surface area contributed by atoms with Crippen LogP contribution in [0.15, 0.2) is 18.3 Å². The van der Waals surface area contributed by atoms with Crippen molar-refractivity contribution in [3.05, 3.63) is 34.2 Å². The van der Waals surface area contributed by atoms with Crippen LogP contribution in [-0.2, 0) is 0 Å². The number of nitrogens with zero attached hydrogens (tertiary/aromatic N) is 4. The van der Waals surface area contributed by atoms with E-state index in [9.17, 15) is 5.11 Å². The van der Waals surface area contributed by atoms with E-state index in [1.54, 1.807) is 0 Å². The molecule has 0 atom stereocenters. The van der Waals surface area contributed by atoms with Crippen LogP contribution in [0.25, 0.3) is 5.57 Å². The maximum Gasteiger partial charge on any atom is 0.216 e. The lowest BCUT2D eigenvalue weighted by molar-refractivity contribution is 0.478. The highest BCUT2D eigenvalue weighted by atomic mass is 35.5. The average Bonchev–Trinajstić information content (AvgIpc) is 2.89. The molecule has 1 aromatic heterocycles. The third-order valence-corrected chi connectivity index (χ3v) is 2.61. The van der Waals surface area contributed by atoms with E-state index >= 15 is 0 Å². The Balaban J connectivity index is 2.30. The number of allylic oxidation sites excluding steroid dienone is 1. The van der Waals surface area contributed by atoms with E-state index in [2.05, 4.69) is 25.9 Å². The first kappa shape index (κ1) is 13.1. The van der Waals surface area contributed by atoms with E-state index in [-0.39, 0.29) is 27.9 Å². The van der Waals surface area contributed by atoms with E-state index in [4.69, 9.17) is 28.5 Å². The highest BCUT2D eigenvalue weighted by Crippen LogP contribution is 2.35. The summed E-state index contributed by atoms with van der Waals surface area (Å²) in [6.45, 7) is 0. The largest absolute Gasteiger partial charge is 0.504 e. The summed E-state index contributed by atoms with van der Waals surface area (Å²) < 4.78 is 0. The van der Waals surface area contributed by atoms with Gasteiger partial charge >= 0.3 is 0 Å². The van der Waals surface area contributed by atoms with Crippen molar-refractivity contribution in [1.29, 1.82) is 5.26 Å². The molecule has 1 heterocycles. The number of halogens is 2. The molecule has 0 spiro atoms. The number of tetrazole rings is 1. The Bertz CT molecular complexity index is 661. The Morgan fingerprint density at radius 3 is 2.89 bits per heavy atom. The zero-order chi connectivity index (χ0) is 13.8. The predicted octanol–water partition coefficient (Wildman–Crippen LogP) is 2.19. The Morgan fingerprint density at radius 2 is 2.26 bits per heavy atom. The van der Waals surface area contributed by atoms with E-state index < -0.39 is 0 Å². The minimum Gasteiger partial charge on any atom is -0.504 e. The van der Waals surface area contributed by atoms with Gasteiger partial charge in [0.2, 0.25) is 5.82 Å². The Kier molecular flexibility index (Phi) is 3.85. The summed E-state index contributed by atoms with van der Waals surface area (Å²) in [6.07, 6.45) is 1.31. The molecule has 0 aliphatic rings. The standard InChI is InChI=1S/C10H6Cl2N6O/c11-6-1-7(12)9(19)8(2-6)14-4-5(3-13)10-15-17-18-16-10/h1-2,4,14,19H,(H,15,16,17,18). The fourth-order valence-corrected chi connectivity index (χ4v) is 1.74. The summed E-state index contributed by atoms with van der Waals surface area (Å²) in [5.74, 6) is -0.0460. The molecule has 0 radical (unpaired) electrons. The molecule has 0 aliphatic heterocycles. The number of phenols is 1. The molecule has 0 unspecified atom stereocenters. The second-order valence-corrected chi connectivity index (χ2v) is 4.18. The minimum atomic E-state index is -0.173. The SMILES string of the molecule is N#CC(=CNc1cc(Cl)cc(Cl)c1O)c1nn[nH]n1. The minimum absolute atomic E-state index is 0.0986. The first-order valence-electron chi connectivity index (χ1n) is 4.90. The zero-order valence-corrected chi connectivity index (χ0v) is 10.7. The van der Waals surface area contributed by atoms with Crippen molar-refractivity contribution < 1.29 is 5.11 Å². The maximum absolute atomic E-state index is 9.72. The van der Waals surface area contributed by atoms with E-state index in [0.717, 1.165) is 0 Å². The lowest BCUT2D eigenvalue weighted by Crippen LogP contribution is -1.93. The number of H-pyrrole nitrogens is 1. The van der Waals surface area contributed by atoms with Crippen LogP contribution >= 0.6 is 23.2 Å². The van der Waals surface area contributed by atoms with Crippen LogP contribution in [0.1, 0.15) is 5.82 Å². The Morgan fingerprint density at radius 1 is 1.47 bits per heavy atom. The molecule has 0 amide bonds. The van der Waals surface area contributed by atoms with Gasteiger partial charge in [0.15, 0.2) is 5.75 Å². The van der Waals surface area contributed by atoms with Crippen molar-refractivity contribution in [2.45, 2.75) is 0 Å². The van der Waals surface area contributed by atoms with Gasteiger partial charge in [-0.1, -0.05) is 23.2 Å². The number of benzene rings is 1. The normalized spacial score (nSPS) is 11.1. The number of phenolic OH excluding ortho intramolecular Hbond substituents is 1. The molecular formula is C10H6Cl2N6O. The van der Waals surface area contributed by atoms with Crippen molar-refractivity contribution in [3.63, 3.8) is 0 Å². The molecule has 0 saturated heterocycles. The molecule has 2 rings (SSSR count). The van der Waals surface area contributed by atoms with Gasteiger partial charge in [0.1, 0.15) is 11.6 Å². The Labute approximate surface area is 117 Å². The van der Waals surface area contributed by atoms with Gasteiger partial charge in [-0.2, -0.15) is 10.5 Å². The van der Waals surface area contributed by atoms with E-state index in [0.29, 0.717) is 5.02 Å². The summed E-state index contributed by atoms with van der Waals surface area (Å²) in [5.41, 5.74) is 0.387. The average molecular weight is 297 g/mol. The number of anilines is 1. The lowest BCUT2D eigenvalue weighted by Gasteiger charge is -2.06. The first-order valence-corrected chi connectivity index (χ1v) is 5.66. The number of nitrogens with one attached hydrogen (secondary N) is 2. The molecule has 7 nitrogen and oxygen atoms in total. The number of hydrogen-bond donors (Lipinski definition) is 3. The van der Waals surface area contributed by atoms with Crippen molar-refractivity contribution in [2.75, 3.05) is 5.32 Å². The predicted molar refractivity (Wildman–Crippen MR) is 69.5 cm³/mol. The smallest absolute Gasteiger partial charge is 0.216 e. The van der Waals surface area contributed by atoms with Crippen molar-refractivity contribution in [2.24, 2.45) is 0 Å². The van der Waals surface area contributed by atoms with Crippen LogP contribution in [0.2, 0.25) is 10.0 Å². The number of hydrogen-bond acceptors (Lipinski definition) is 6. The third kappa shape index (κ3) is 2.93. The van der Waals surface area contributed by atoms with Gasteiger partial charge in [-0.05, 0) is 17.3 Å². The van der Waals surface area contributed by atoms with Crippen LogP contribution in [-0.4, -0.2) is 25.7 Å². The van der Waals surface area contributed by atoms with Crippen molar-refractivity contribution in [1.82, 2.24) is 20.6 Å². The number of rotatable bonds is 3. The molecule has 0 aliphatic carbocycles. The second kappa shape index (κ2) is 5.56. The van der Waals surface area contributed by atoms with Crippen LogP contribution in [0.5, 0.6) is 5.75 Å². The lowest BCUT2D eigenvalue weighted by atomic mass is 10.2. The molecular weight excluding hydrogens is 291 g/mol. The molecule has 2 aromatic rings. The third-order valence-electron chi connectivity index (χ3n) is 2.11. The molecule has 0 saturated carbocycles. The van der Waals surface area contributed by atoms with Crippen LogP contribution in [0, 0.1) is 11.3 Å².